The molecule has 12 nitrogen and oxygen atoms in total. The minimum Gasteiger partial charge on any atom is -0.378 e. The number of benzene rings is 2. The highest BCUT2D eigenvalue weighted by atomic mass is 32.1. The Labute approximate surface area is 230 Å². The summed E-state index contributed by atoms with van der Waals surface area (Å²) in [4.78, 5) is 4.11. The minimum absolute atomic E-state index is 0.481. The molecule has 0 atom stereocenters. The normalized spacial score (nSPS) is 11.1. The van der Waals surface area contributed by atoms with Crippen molar-refractivity contribution in [3.8, 4) is 0 Å². The van der Waals surface area contributed by atoms with E-state index in [0.29, 0.717) is 10.3 Å². The molecule has 3 N–H and O–H groups in total. The van der Waals surface area contributed by atoms with Gasteiger partial charge in [-0.1, -0.05) is 10.2 Å². The maximum Gasteiger partial charge on any atom is 0.431 e. The Morgan fingerprint density at radius 1 is 0.789 bits per heavy atom. The third-order valence-corrected chi connectivity index (χ3v) is 7.00. The second-order valence-electron chi connectivity index (χ2n) is 8.59. The molecule has 0 spiro atoms. The molecule has 0 amide bonds. The molecule has 0 saturated heterocycles. The molecule has 2 aromatic carbocycles. The zero-order chi connectivity index (χ0) is 27.8. The molecule has 0 saturated carbocycles. The molecule has 14 heteroatoms. The fourth-order valence-electron chi connectivity index (χ4n) is 3.22. The standard InChI is InChI=1S/C13H19N6S.C11H15N6S/c1-9-8-10(6-7-11(9)18(3)4)15-16-13-19(5)17-12(14-2)20-13;1-16(2)9-6-4-8(5-7-9)13-14-11-17(3)15-10(12)18-11/h6-8H,1-5H3,(H,14,17);4-7H,1-3H3,(H2,12,15)/q2*+1. The molecule has 4 aromatic rings. The van der Waals surface area contributed by atoms with Crippen LogP contribution < -0.4 is 30.2 Å². The molecule has 38 heavy (non-hydrogen) atoms. The molecule has 0 fully saturated rings. The SMILES string of the molecule is CN(C)c1ccc(N=Nc2sc(N)n[n+]2C)cc1.CNc1n[n+](C)c(N=Nc2ccc(N(C)C)c(C)c2)s1. The lowest BCUT2D eigenvalue weighted by atomic mass is 10.1. The van der Waals surface area contributed by atoms with Crippen LogP contribution in [0.1, 0.15) is 5.56 Å². The van der Waals surface area contributed by atoms with Crippen LogP contribution in [0.3, 0.4) is 0 Å². The summed E-state index contributed by atoms with van der Waals surface area (Å²) >= 11 is 2.77. The van der Waals surface area contributed by atoms with Gasteiger partial charge in [0.1, 0.15) is 25.5 Å². The summed E-state index contributed by atoms with van der Waals surface area (Å²) in [6.45, 7) is 2.07. The fourth-order valence-corrected chi connectivity index (χ4v) is 4.51. The van der Waals surface area contributed by atoms with Crippen molar-refractivity contribution in [3.63, 3.8) is 0 Å². The average molecular weight is 555 g/mol. The molecule has 200 valence electrons. The molecule has 0 unspecified atom stereocenters. The topological polar surface area (TPSA) is 128 Å². The van der Waals surface area contributed by atoms with Crippen LogP contribution in [0.15, 0.2) is 62.9 Å². The predicted octanol–water partition coefficient (Wildman–Crippen LogP) is 4.83. The first-order valence-electron chi connectivity index (χ1n) is 11.6. The Kier molecular flexibility index (Phi) is 9.73. The Balaban J connectivity index is 0.000000212. The van der Waals surface area contributed by atoms with E-state index in [0.717, 1.165) is 27.3 Å². The second-order valence-corrected chi connectivity index (χ2v) is 10.5. The van der Waals surface area contributed by atoms with Crippen LogP contribution in [0.25, 0.3) is 0 Å². The van der Waals surface area contributed by atoms with Gasteiger partial charge in [-0.15, -0.1) is 9.36 Å². The number of anilines is 4. The fraction of sp³-hybridized carbons (Fsp3) is 0.333. The Hall–Kier alpha value is -4.04. The maximum atomic E-state index is 5.58. The van der Waals surface area contributed by atoms with Gasteiger partial charge in [0.2, 0.25) is 10.3 Å². The van der Waals surface area contributed by atoms with Crippen LogP contribution in [0.2, 0.25) is 0 Å². The van der Waals surface area contributed by atoms with E-state index in [4.69, 9.17) is 5.73 Å². The summed E-state index contributed by atoms with van der Waals surface area (Å²) in [5, 5.41) is 30.8. The molecular weight excluding hydrogens is 520 g/mol. The highest BCUT2D eigenvalue weighted by Gasteiger charge is 2.15. The van der Waals surface area contributed by atoms with E-state index in [1.54, 1.807) is 16.4 Å². The summed E-state index contributed by atoms with van der Waals surface area (Å²) in [5.41, 5.74) is 10.7. The number of hydrogen-bond acceptors (Lipinski definition) is 12. The zero-order valence-electron chi connectivity index (χ0n) is 22.9. The highest BCUT2D eigenvalue weighted by molar-refractivity contribution is 7.18. The van der Waals surface area contributed by atoms with Crippen molar-refractivity contribution in [3.05, 3.63) is 48.0 Å². The van der Waals surface area contributed by atoms with Crippen molar-refractivity contribution in [2.45, 2.75) is 6.92 Å². The van der Waals surface area contributed by atoms with Crippen LogP contribution in [0.5, 0.6) is 0 Å². The van der Waals surface area contributed by atoms with E-state index in [9.17, 15) is 0 Å². The molecule has 0 radical (unpaired) electrons. The van der Waals surface area contributed by atoms with Crippen molar-refractivity contribution in [1.82, 2.24) is 10.2 Å². The van der Waals surface area contributed by atoms with Crippen LogP contribution >= 0.6 is 22.7 Å². The van der Waals surface area contributed by atoms with Gasteiger partial charge < -0.3 is 20.9 Å². The zero-order valence-corrected chi connectivity index (χ0v) is 24.5. The number of hydrogen-bond donors (Lipinski definition) is 2. The van der Waals surface area contributed by atoms with Gasteiger partial charge in [-0.2, -0.15) is 0 Å². The third-order valence-electron chi connectivity index (χ3n) is 5.17. The lowest BCUT2D eigenvalue weighted by molar-refractivity contribution is -0.712. The number of aromatic nitrogens is 4. The summed E-state index contributed by atoms with van der Waals surface area (Å²) < 4.78 is 3.32. The second kappa shape index (κ2) is 13.0. The van der Waals surface area contributed by atoms with Gasteiger partial charge in [0, 0.05) is 46.6 Å². The Morgan fingerprint density at radius 2 is 1.37 bits per heavy atom. The summed E-state index contributed by atoms with van der Waals surface area (Å²) in [6, 6.07) is 13.9. The minimum atomic E-state index is 0.481. The third kappa shape index (κ3) is 7.73. The van der Waals surface area contributed by atoms with Gasteiger partial charge >= 0.3 is 10.3 Å². The van der Waals surface area contributed by atoms with E-state index in [1.807, 2.05) is 83.6 Å². The molecule has 2 aromatic heterocycles. The van der Waals surface area contributed by atoms with Gasteiger partial charge in [-0.05, 0) is 87.9 Å². The number of nitrogens with two attached hydrogens (primary N) is 1. The Morgan fingerprint density at radius 3 is 1.87 bits per heavy atom. The van der Waals surface area contributed by atoms with Crippen molar-refractivity contribution in [2.24, 2.45) is 34.6 Å². The molecule has 4 rings (SSSR count). The monoisotopic (exact) mass is 554 g/mol. The van der Waals surface area contributed by atoms with E-state index in [1.165, 1.54) is 33.9 Å². The van der Waals surface area contributed by atoms with E-state index in [-0.39, 0.29) is 0 Å². The van der Waals surface area contributed by atoms with Crippen molar-refractivity contribution in [1.29, 1.82) is 0 Å². The predicted molar refractivity (Wildman–Crippen MR) is 155 cm³/mol. The first kappa shape index (κ1) is 28.5. The van der Waals surface area contributed by atoms with Gasteiger partial charge in [0.05, 0.1) is 10.2 Å². The smallest absolute Gasteiger partial charge is 0.378 e. The summed E-state index contributed by atoms with van der Waals surface area (Å²) in [6.07, 6.45) is 0. The molecule has 2 heterocycles. The van der Waals surface area contributed by atoms with E-state index in [2.05, 4.69) is 53.9 Å². The van der Waals surface area contributed by atoms with Gasteiger partial charge in [-0.3, -0.25) is 0 Å². The number of azo groups is 2. The maximum absolute atomic E-state index is 5.58. The number of nitrogen functional groups attached to an aromatic ring is 1. The van der Waals surface area contributed by atoms with Crippen molar-refractivity contribution < 1.29 is 9.36 Å². The Bertz CT molecular complexity index is 1400. The highest BCUT2D eigenvalue weighted by Crippen LogP contribution is 2.27. The lowest BCUT2D eigenvalue weighted by Crippen LogP contribution is -2.29. The number of rotatable bonds is 7. The number of nitrogens with zero attached hydrogens (tertiary/aromatic N) is 10. The van der Waals surface area contributed by atoms with Gasteiger partial charge in [-0.25, -0.2) is 0 Å². The van der Waals surface area contributed by atoms with Crippen LogP contribution in [-0.4, -0.2) is 45.4 Å². The number of aryl methyl sites for hydroxylation is 3. The first-order chi connectivity index (χ1) is 18.1. The van der Waals surface area contributed by atoms with Gasteiger partial charge in [0.25, 0.3) is 0 Å². The number of nitrogens with one attached hydrogen (secondary N) is 1. The van der Waals surface area contributed by atoms with Crippen molar-refractivity contribution >= 4 is 65.9 Å². The van der Waals surface area contributed by atoms with Crippen molar-refractivity contribution in [2.75, 3.05) is 56.1 Å². The first-order valence-corrected chi connectivity index (χ1v) is 13.3. The largest absolute Gasteiger partial charge is 0.431 e. The van der Waals surface area contributed by atoms with E-state index < -0.39 is 0 Å². The molecular formula is C24H34N12S2+2. The van der Waals surface area contributed by atoms with Crippen LogP contribution in [0, 0.1) is 6.92 Å². The quantitative estimate of drug-likeness (QED) is 0.249. The van der Waals surface area contributed by atoms with Gasteiger partial charge in [0.15, 0.2) is 0 Å². The van der Waals surface area contributed by atoms with Crippen LogP contribution in [-0.2, 0) is 14.1 Å². The summed E-state index contributed by atoms with van der Waals surface area (Å²) in [7, 11) is 13.5. The molecule has 0 aliphatic rings. The molecule has 0 aliphatic heterocycles. The van der Waals surface area contributed by atoms with E-state index >= 15 is 0 Å². The summed E-state index contributed by atoms with van der Waals surface area (Å²) in [5.74, 6) is 0. The molecule has 0 aliphatic carbocycles. The molecule has 0 bridgehead atoms. The van der Waals surface area contributed by atoms with Crippen LogP contribution in [0.4, 0.5) is 43.3 Å². The average Bonchev–Trinajstić information content (AvgIpc) is 3.41. The lowest BCUT2D eigenvalue weighted by Gasteiger charge is -2.14.